The lowest BCUT2D eigenvalue weighted by Gasteiger charge is -2.19. The summed E-state index contributed by atoms with van der Waals surface area (Å²) in [5, 5.41) is 8.55. The Balaban J connectivity index is 3.74. The van der Waals surface area contributed by atoms with Gasteiger partial charge in [-0.3, -0.25) is 14.6 Å². The van der Waals surface area contributed by atoms with Crippen molar-refractivity contribution in [2.75, 3.05) is 6.54 Å². The van der Waals surface area contributed by atoms with Gasteiger partial charge in [-0.1, -0.05) is 0 Å². The molecule has 0 rings (SSSR count). The maximum atomic E-state index is 10.4. The van der Waals surface area contributed by atoms with Crippen molar-refractivity contribution in [3.05, 3.63) is 0 Å². The Morgan fingerprint density at radius 3 is 2.59 bits per heavy atom. The Morgan fingerprint density at radius 2 is 2.12 bits per heavy atom. The molecule has 0 aliphatic rings. The molecule has 0 aliphatic carbocycles. The fraction of sp³-hybridized carbons (Fsp3) is 0.800. The van der Waals surface area contributed by atoms with Crippen LogP contribution in [0, 0.1) is 0 Å². The summed E-state index contributed by atoms with van der Waals surface area (Å²) in [5.74, 6) is -0.833. The zero-order valence-corrected chi connectivity index (χ0v) is 10.6. The second-order valence-corrected chi connectivity index (χ2v) is 4.67. The third-order valence-corrected chi connectivity index (χ3v) is 1.73. The summed E-state index contributed by atoms with van der Waals surface area (Å²) < 4.78 is 0. The number of aliphatic imine (C=N–C) groups is 1. The van der Waals surface area contributed by atoms with Crippen molar-refractivity contribution in [1.82, 2.24) is 5.48 Å². The van der Waals surface area contributed by atoms with Crippen LogP contribution < -0.4 is 16.9 Å². The van der Waals surface area contributed by atoms with E-state index in [4.69, 9.17) is 21.4 Å². The molecule has 7 nitrogen and oxygen atoms in total. The van der Waals surface area contributed by atoms with Gasteiger partial charge in [-0.2, -0.15) is 0 Å². The monoisotopic (exact) mass is 246 g/mol. The molecule has 0 fully saturated rings. The summed E-state index contributed by atoms with van der Waals surface area (Å²) in [6.07, 6.45) is 0.928. The van der Waals surface area contributed by atoms with Gasteiger partial charge in [0.15, 0.2) is 0 Å². The number of carbonyl (C=O) groups is 1. The zero-order valence-electron chi connectivity index (χ0n) is 10.6. The van der Waals surface area contributed by atoms with Gasteiger partial charge in [0.25, 0.3) is 0 Å². The van der Waals surface area contributed by atoms with E-state index in [1.165, 1.54) is 0 Å². The Morgan fingerprint density at radius 1 is 1.53 bits per heavy atom. The molecule has 0 heterocycles. The maximum absolute atomic E-state index is 10.4. The third kappa shape index (κ3) is 9.58. The fourth-order valence-corrected chi connectivity index (χ4v) is 0.872. The predicted molar refractivity (Wildman–Crippen MR) is 65.3 cm³/mol. The molecular weight excluding hydrogens is 224 g/mol. The van der Waals surface area contributed by atoms with E-state index in [-0.39, 0.29) is 11.6 Å². The fourth-order valence-electron chi connectivity index (χ4n) is 0.872. The molecular formula is C10H22N4O3. The van der Waals surface area contributed by atoms with Crippen LogP contribution in [0.15, 0.2) is 4.99 Å². The van der Waals surface area contributed by atoms with Crippen molar-refractivity contribution in [3.63, 3.8) is 0 Å². The molecule has 0 unspecified atom stereocenters. The van der Waals surface area contributed by atoms with Crippen LogP contribution in [-0.2, 0) is 9.63 Å². The normalized spacial score (nSPS) is 14.5. The minimum absolute atomic E-state index is 0.170. The number of guanidine groups is 1. The van der Waals surface area contributed by atoms with Gasteiger partial charge in [0.1, 0.15) is 6.04 Å². The lowest BCUT2D eigenvalue weighted by molar-refractivity contribution is -0.138. The Hall–Kier alpha value is -1.34. The summed E-state index contributed by atoms with van der Waals surface area (Å²) >= 11 is 0. The molecule has 0 saturated heterocycles. The topological polar surface area (TPSA) is 123 Å². The molecule has 17 heavy (non-hydrogen) atoms. The standard InChI is InChI=1S/C10H22N4O3/c1-10(2,3)17-14-9(12)13-6-4-5-7(11)8(15)16/h7H,4-6,11H2,1-3H3,(H,15,16)(H3,12,13,14)/t7-/m0/s1. The number of carboxylic acid groups (broad SMARTS) is 1. The predicted octanol–water partition coefficient (Wildman–Crippen LogP) is -0.187. The van der Waals surface area contributed by atoms with E-state index in [9.17, 15) is 4.79 Å². The first-order valence-corrected chi connectivity index (χ1v) is 5.44. The summed E-state index contributed by atoms with van der Waals surface area (Å²) in [7, 11) is 0. The molecule has 0 amide bonds. The molecule has 0 aromatic heterocycles. The third-order valence-electron chi connectivity index (χ3n) is 1.73. The molecule has 0 aliphatic heterocycles. The number of nitrogens with zero attached hydrogens (tertiary/aromatic N) is 1. The zero-order chi connectivity index (χ0) is 13.5. The van der Waals surface area contributed by atoms with Crippen molar-refractivity contribution in [3.8, 4) is 0 Å². The number of aliphatic carboxylic acids is 1. The average molecular weight is 246 g/mol. The first-order chi connectivity index (χ1) is 7.72. The average Bonchev–Trinajstić information content (AvgIpc) is 2.20. The van der Waals surface area contributed by atoms with Gasteiger partial charge in [-0.25, -0.2) is 5.48 Å². The van der Waals surface area contributed by atoms with E-state index in [0.717, 1.165) is 0 Å². The van der Waals surface area contributed by atoms with E-state index in [1.54, 1.807) is 0 Å². The van der Waals surface area contributed by atoms with Gasteiger partial charge in [0.05, 0.1) is 5.60 Å². The van der Waals surface area contributed by atoms with Crippen LogP contribution in [-0.4, -0.2) is 35.2 Å². The number of rotatable bonds is 6. The van der Waals surface area contributed by atoms with Crippen LogP contribution >= 0.6 is 0 Å². The minimum atomic E-state index is -1.00. The largest absolute Gasteiger partial charge is 0.480 e. The van der Waals surface area contributed by atoms with Gasteiger partial charge < -0.3 is 16.6 Å². The molecule has 0 spiro atoms. The molecule has 6 N–H and O–H groups in total. The van der Waals surface area contributed by atoms with Gasteiger partial charge >= 0.3 is 5.97 Å². The minimum Gasteiger partial charge on any atom is -0.480 e. The van der Waals surface area contributed by atoms with E-state index in [2.05, 4.69) is 10.5 Å². The van der Waals surface area contributed by atoms with Crippen molar-refractivity contribution < 1.29 is 14.7 Å². The van der Waals surface area contributed by atoms with Crippen LogP contribution in [0.2, 0.25) is 0 Å². The van der Waals surface area contributed by atoms with Crippen molar-refractivity contribution in [2.24, 2.45) is 16.5 Å². The number of carboxylic acids is 1. The smallest absolute Gasteiger partial charge is 0.320 e. The summed E-state index contributed by atoms with van der Waals surface area (Å²) in [4.78, 5) is 19.6. The molecule has 0 saturated carbocycles. The SMILES string of the molecule is CC(C)(C)ONC(N)=NCCC[C@H](N)C(=O)O. The molecule has 100 valence electrons. The highest BCUT2D eigenvalue weighted by Crippen LogP contribution is 2.03. The molecule has 0 radical (unpaired) electrons. The second-order valence-electron chi connectivity index (χ2n) is 4.67. The highest BCUT2D eigenvalue weighted by atomic mass is 16.7. The van der Waals surface area contributed by atoms with Crippen LogP contribution in [0.1, 0.15) is 33.6 Å². The van der Waals surface area contributed by atoms with Crippen LogP contribution in [0.4, 0.5) is 0 Å². The first kappa shape index (κ1) is 15.7. The number of nitrogens with two attached hydrogens (primary N) is 2. The lowest BCUT2D eigenvalue weighted by atomic mass is 10.2. The van der Waals surface area contributed by atoms with E-state index < -0.39 is 12.0 Å². The van der Waals surface area contributed by atoms with E-state index >= 15 is 0 Å². The van der Waals surface area contributed by atoms with Gasteiger partial charge in [-0.05, 0) is 33.6 Å². The molecule has 0 bridgehead atoms. The highest BCUT2D eigenvalue weighted by Gasteiger charge is 2.11. The van der Waals surface area contributed by atoms with Gasteiger partial charge in [-0.15, -0.1) is 0 Å². The lowest BCUT2D eigenvalue weighted by Crippen LogP contribution is -2.38. The van der Waals surface area contributed by atoms with Crippen LogP contribution in [0.25, 0.3) is 0 Å². The Bertz CT molecular complexity index is 273. The summed E-state index contributed by atoms with van der Waals surface area (Å²) in [5.41, 5.74) is 13.0. The number of hydrogen-bond acceptors (Lipinski definition) is 4. The number of hydrogen-bond donors (Lipinski definition) is 4. The Labute approximate surface area is 101 Å². The quantitative estimate of drug-likeness (QED) is 0.223. The highest BCUT2D eigenvalue weighted by molar-refractivity contribution is 5.76. The van der Waals surface area contributed by atoms with Crippen LogP contribution in [0.3, 0.4) is 0 Å². The van der Waals surface area contributed by atoms with E-state index in [0.29, 0.717) is 19.4 Å². The second kappa shape index (κ2) is 7.08. The Kier molecular flexibility index (Phi) is 6.52. The summed E-state index contributed by atoms with van der Waals surface area (Å²) in [6.45, 7) is 6.03. The van der Waals surface area contributed by atoms with Crippen molar-refractivity contribution >= 4 is 11.9 Å². The number of hydroxylamine groups is 1. The van der Waals surface area contributed by atoms with E-state index in [1.807, 2.05) is 20.8 Å². The molecule has 0 aromatic carbocycles. The first-order valence-electron chi connectivity index (χ1n) is 5.44. The van der Waals surface area contributed by atoms with Crippen LogP contribution in [0.5, 0.6) is 0 Å². The summed E-state index contributed by atoms with van der Waals surface area (Å²) in [6, 6.07) is -0.842. The molecule has 1 atom stereocenters. The van der Waals surface area contributed by atoms with Gasteiger partial charge in [0.2, 0.25) is 5.96 Å². The molecule has 7 heteroatoms. The molecule has 0 aromatic rings. The van der Waals surface area contributed by atoms with Crippen molar-refractivity contribution in [1.29, 1.82) is 0 Å². The van der Waals surface area contributed by atoms with Crippen molar-refractivity contribution in [2.45, 2.75) is 45.3 Å². The maximum Gasteiger partial charge on any atom is 0.320 e. The van der Waals surface area contributed by atoms with Gasteiger partial charge in [0, 0.05) is 6.54 Å². The number of nitrogens with one attached hydrogen (secondary N) is 1.